The van der Waals surface area contributed by atoms with Crippen molar-refractivity contribution in [2.75, 3.05) is 26.3 Å². The van der Waals surface area contributed by atoms with Crippen LogP contribution in [0.4, 0.5) is 0 Å². The highest BCUT2D eigenvalue weighted by Crippen LogP contribution is 2.46. The second-order valence-electron chi connectivity index (χ2n) is 10.1. The molecule has 0 bridgehead atoms. The van der Waals surface area contributed by atoms with Crippen LogP contribution >= 0.6 is 22.9 Å². The summed E-state index contributed by atoms with van der Waals surface area (Å²) in [7, 11) is 0. The van der Waals surface area contributed by atoms with Gasteiger partial charge in [-0.05, 0) is 51.2 Å². The lowest BCUT2D eigenvalue weighted by atomic mass is 9.95. The minimum Gasteiger partial charge on any atom is -0.378 e. The number of aliphatic imine (C=N–C) groups is 1. The lowest BCUT2D eigenvalue weighted by Crippen LogP contribution is -2.41. The molecule has 2 aliphatic heterocycles. The molecule has 1 aromatic carbocycles. The molecule has 3 aliphatic rings. The summed E-state index contributed by atoms with van der Waals surface area (Å²) in [5, 5.41) is 10.7. The molecular formula is C26H28ClN5O2S. The molecule has 35 heavy (non-hydrogen) atoms. The van der Waals surface area contributed by atoms with Gasteiger partial charge in [0.05, 0.1) is 18.9 Å². The maximum absolute atomic E-state index is 13.0. The number of ether oxygens (including phenoxy) is 1. The lowest BCUT2D eigenvalue weighted by molar-refractivity contribution is -0.136. The smallest absolute Gasteiger partial charge is 0.223 e. The SMILES string of the molecule is Cc1nnc2n1-c1sc3c(c1C(c1ccccc1Cl)=NC2(C)C)C[C@H](CC(=O)N1CCOCC1)C3. The number of carbonyl (C=O) groups excluding carboxylic acids is 1. The molecule has 4 heterocycles. The Morgan fingerprint density at radius 1 is 1.20 bits per heavy atom. The van der Waals surface area contributed by atoms with Gasteiger partial charge in [-0.2, -0.15) is 0 Å². The first-order chi connectivity index (χ1) is 16.8. The van der Waals surface area contributed by atoms with Gasteiger partial charge in [0.1, 0.15) is 16.4 Å². The molecule has 0 saturated carbocycles. The van der Waals surface area contributed by atoms with Crippen molar-refractivity contribution in [1.82, 2.24) is 19.7 Å². The maximum atomic E-state index is 13.0. The van der Waals surface area contributed by atoms with Crippen molar-refractivity contribution in [3.63, 3.8) is 0 Å². The summed E-state index contributed by atoms with van der Waals surface area (Å²) < 4.78 is 7.58. The van der Waals surface area contributed by atoms with Gasteiger partial charge >= 0.3 is 0 Å². The highest BCUT2D eigenvalue weighted by molar-refractivity contribution is 7.15. The molecule has 0 spiro atoms. The van der Waals surface area contributed by atoms with Gasteiger partial charge in [-0.3, -0.25) is 14.4 Å². The van der Waals surface area contributed by atoms with Crippen LogP contribution in [0.2, 0.25) is 5.02 Å². The quantitative estimate of drug-likeness (QED) is 0.526. The molecule has 3 aromatic rings. The van der Waals surface area contributed by atoms with E-state index in [0.29, 0.717) is 43.7 Å². The van der Waals surface area contributed by atoms with E-state index in [1.807, 2.05) is 36.1 Å². The molecule has 1 aliphatic carbocycles. The number of fused-ring (bicyclic) bond motifs is 5. The standard InChI is InChI=1S/C26H28ClN5O2S/c1-15-29-30-25-26(2,3)28-23(17-6-4-5-7-19(17)27)22-18-12-16(13-20(18)35-24(22)32(15)25)14-21(33)31-8-10-34-11-9-31/h4-7,16H,8-14H2,1-3H3/t16-/m0/s1. The number of hydrogen-bond acceptors (Lipinski definition) is 6. The number of benzene rings is 1. The number of amides is 1. The second-order valence-corrected chi connectivity index (χ2v) is 11.6. The average molecular weight is 510 g/mol. The Balaban J connectivity index is 1.43. The fraction of sp³-hybridized carbons (Fsp3) is 0.462. The number of carbonyl (C=O) groups is 1. The molecule has 1 fully saturated rings. The van der Waals surface area contributed by atoms with Crippen LogP contribution in [0, 0.1) is 12.8 Å². The van der Waals surface area contributed by atoms with Gasteiger partial charge < -0.3 is 9.64 Å². The number of halogens is 1. The number of nitrogens with zero attached hydrogens (tertiary/aromatic N) is 5. The van der Waals surface area contributed by atoms with Crippen molar-refractivity contribution in [2.45, 2.75) is 45.6 Å². The normalized spacial score (nSPS) is 20.6. The first-order valence-corrected chi connectivity index (χ1v) is 13.3. The van der Waals surface area contributed by atoms with Gasteiger partial charge in [0.15, 0.2) is 5.82 Å². The Morgan fingerprint density at radius 3 is 2.74 bits per heavy atom. The molecule has 9 heteroatoms. The Bertz CT molecular complexity index is 1350. The van der Waals surface area contributed by atoms with Gasteiger partial charge in [0.25, 0.3) is 0 Å². The Morgan fingerprint density at radius 2 is 1.97 bits per heavy atom. The van der Waals surface area contributed by atoms with E-state index in [9.17, 15) is 4.79 Å². The van der Waals surface area contributed by atoms with Crippen LogP contribution in [0.1, 0.15) is 53.5 Å². The summed E-state index contributed by atoms with van der Waals surface area (Å²) in [6.45, 7) is 8.78. The molecule has 2 aromatic heterocycles. The maximum Gasteiger partial charge on any atom is 0.223 e. The molecule has 0 radical (unpaired) electrons. The van der Waals surface area contributed by atoms with E-state index in [1.165, 1.54) is 10.4 Å². The van der Waals surface area contributed by atoms with Crippen molar-refractivity contribution in [2.24, 2.45) is 10.9 Å². The molecule has 182 valence electrons. The summed E-state index contributed by atoms with van der Waals surface area (Å²) in [5.74, 6) is 2.21. The van der Waals surface area contributed by atoms with E-state index in [-0.39, 0.29) is 5.91 Å². The van der Waals surface area contributed by atoms with E-state index in [1.54, 1.807) is 11.3 Å². The Kier molecular flexibility index (Phi) is 5.58. The zero-order valence-corrected chi connectivity index (χ0v) is 21.7. The van der Waals surface area contributed by atoms with Crippen molar-refractivity contribution in [3.05, 3.63) is 62.5 Å². The third kappa shape index (κ3) is 3.82. The molecule has 1 saturated heterocycles. The summed E-state index contributed by atoms with van der Waals surface area (Å²) in [4.78, 5) is 21.5. The number of thiophene rings is 1. The number of aryl methyl sites for hydroxylation is 1. The topological polar surface area (TPSA) is 72.6 Å². The fourth-order valence-electron chi connectivity index (χ4n) is 5.47. The number of hydrogen-bond donors (Lipinski definition) is 0. The minimum absolute atomic E-state index is 0.234. The fourth-order valence-corrected chi connectivity index (χ4v) is 7.19. The number of morpholine rings is 1. The van der Waals surface area contributed by atoms with E-state index < -0.39 is 5.54 Å². The van der Waals surface area contributed by atoms with Crippen LogP contribution in [-0.4, -0.2) is 57.6 Å². The molecule has 6 rings (SSSR count). The van der Waals surface area contributed by atoms with Crippen LogP contribution in [-0.2, 0) is 27.9 Å². The highest BCUT2D eigenvalue weighted by atomic mass is 35.5. The van der Waals surface area contributed by atoms with Crippen molar-refractivity contribution in [3.8, 4) is 5.00 Å². The van der Waals surface area contributed by atoms with E-state index in [0.717, 1.165) is 46.3 Å². The van der Waals surface area contributed by atoms with Crippen LogP contribution in [0.3, 0.4) is 0 Å². The van der Waals surface area contributed by atoms with Crippen LogP contribution in [0.15, 0.2) is 29.3 Å². The Hall–Kier alpha value is -2.55. The molecular weight excluding hydrogens is 482 g/mol. The van der Waals surface area contributed by atoms with Crippen molar-refractivity contribution in [1.29, 1.82) is 0 Å². The lowest BCUT2D eigenvalue weighted by Gasteiger charge is -2.27. The van der Waals surface area contributed by atoms with Gasteiger partial charge in [-0.1, -0.05) is 29.8 Å². The van der Waals surface area contributed by atoms with Crippen LogP contribution < -0.4 is 0 Å². The van der Waals surface area contributed by atoms with Gasteiger partial charge in [0.2, 0.25) is 5.91 Å². The molecule has 7 nitrogen and oxygen atoms in total. The average Bonchev–Trinajstić information content (AvgIpc) is 3.49. The Labute approximate surface area is 213 Å². The summed E-state index contributed by atoms with van der Waals surface area (Å²) in [6, 6.07) is 7.90. The summed E-state index contributed by atoms with van der Waals surface area (Å²) in [6.07, 6.45) is 2.33. The van der Waals surface area contributed by atoms with Gasteiger partial charge in [-0.25, -0.2) is 0 Å². The largest absolute Gasteiger partial charge is 0.378 e. The highest BCUT2D eigenvalue weighted by Gasteiger charge is 2.39. The van der Waals surface area contributed by atoms with Gasteiger partial charge in [-0.15, -0.1) is 21.5 Å². The molecule has 0 unspecified atom stereocenters. The first kappa shape index (κ1) is 22.9. The summed E-state index contributed by atoms with van der Waals surface area (Å²) in [5.41, 5.74) is 3.66. The van der Waals surface area contributed by atoms with E-state index >= 15 is 0 Å². The van der Waals surface area contributed by atoms with E-state index in [2.05, 4.69) is 28.6 Å². The molecule has 1 atom stereocenters. The summed E-state index contributed by atoms with van der Waals surface area (Å²) >= 11 is 8.50. The van der Waals surface area contributed by atoms with E-state index in [4.69, 9.17) is 21.3 Å². The first-order valence-electron chi connectivity index (χ1n) is 12.1. The van der Waals surface area contributed by atoms with Crippen molar-refractivity contribution >= 4 is 34.6 Å². The van der Waals surface area contributed by atoms with Crippen LogP contribution in [0.25, 0.3) is 5.00 Å². The monoisotopic (exact) mass is 509 g/mol. The second kappa shape index (κ2) is 8.54. The molecule has 0 N–H and O–H groups in total. The minimum atomic E-state index is -0.578. The predicted octanol–water partition coefficient (Wildman–Crippen LogP) is 4.34. The zero-order valence-electron chi connectivity index (χ0n) is 20.2. The zero-order chi connectivity index (χ0) is 24.3. The molecule has 1 amide bonds. The van der Waals surface area contributed by atoms with Gasteiger partial charge in [0, 0.05) is 40.5 Å². The number of aromatic nitrogens is 3. The van der Waals surface area contributed by atoms with Crippen LogP contribution in [0.5, 0.6) is 0 Å². The third-order valence-electron chi connectivity index (χ3n) is 7.20. The predicted molar refractivity (Wildman–Crippen MR) is 137 cm³/mol. The number of rotatable bonds is 3. The van der Waals surface area contributed by atoms with Crippen molar-refractivity contribution < 1.29 is 9.53 Å². The third-order valence-corrected chi connectivity index (χ3v) is 8.77.